The first-order valence-corrected chi connectivity index (χ1v) is 14.4. The van der Waals surface area contributed by atoms with Crippen molar-refractivity contribution < 1.29 is 34.8 Å². The van der Waals surface area contributed by atoms with Gasteiger partial charge in [-0.1, -0.05) is 24.3 Å². The summed E-state index contributed by atoms with van der Waals surface area (Å²) in [4.78, 5) is 16.5. The number of alkyl halides is 3. The highest BCUT2D eigenvalue weighted by Crippen LogP contribution is 2.31. The number of pyridine rings is 1. The quantitative estimate of drug-likeness (QED) is 0.290. The van der Waals surface area contributed by atoms with Crippen LogP contribution in [0.1, 0.15) is 5.56 Å². The number of amides is 1. The molecule has 0 radical (unpaired) electrons. The molecular weight excluding hydrogens is 569 g/mol. The molecule has 9 nitrogen and oxygen atoms in total. The molecule has 3 aromatic carbocycles. The molecule has 0 aliphatic rings. The first-order valence-electron chi connectivity index (χ1n) is 11.4. The number of nitrogens with one attached hydrogen (secondary N) is 2. The summed E-state index contributed by atoms with van der Waals surface area (Å²) < 4.78 is 93.8. The molecule has 0 fully saturated rings. The van der Waals surface area contributed by atoms with Crippen LogP contribution in [0.3, 0.4) is 0 Å². The molecule has 0 saturated carbocycles. The number of hydrogen-bond donors (Lipinski definition) is 2. The molecule has 1 aromatic heterocycles. The fourth-order valence-electron chi connectivity index (χ4n) is 3.56. The Kier molecular flexibility index (Phi) is 8.11. The van der Waals surface area contributed by atoms with Gasteiger partial charge in [-0.15, -0.1) is 0 Å². The zero-order valence-corrected chi connectivity index (χ0v) is 22.0. The number of halogens is 3. The smallest absolute Gasteiger partial charge is 0.325 e. The molecule has 4 aromatic rings. The molecule has 0 saturated heterocycles. The number of nitrogens with zero attached hydrogens (tertiary/aromatic N) is 2. The van der Waals surface area contributed by atoms with Crippen LogP contribution in [-0.4, -0.2) is 34.3 Å². The maximum absolute atomic E-state index is 13.3. The van der Waals surface area contributed by atoms with E-state index in [9.17, 15) is 34.8 Å². The van der Waals surface area contributed by atoms with Gasteiger partial charge in [-0.3, -0.25) is 18.8 Å². The number of benzene rings is 3. The minimum absolute atomic E-state index is 0.0329. The monoisotopic (exact) mass is 590 g/mol. The van der Waals surface area contributed by atoms with E-state index in [-0.39, 0.29) is 26.9 Å². The lowest BCUT2D eigenvalue weighted by molar-refractivity contribution is -0.137. The number of anilines is 3. The van der Waals surface area contributed by atoms with Gasteiger partial charge in [0.2, 0.25) is 5.91 Å². The second kappa shape index (κ2) is 11.4. The Labute approximate surface area is 228 Å². The fraction of sp³-hybridized carbons (Fsp3) is 0.0769. The lowest BCUT2D eigenvalue weighted by atomic mass is 10.2. The normalized spacial score (nSPS) is 12.0. The SMILES string of the molecule is O=C(CN(c1cccnc1)S(=O)(=O)c1ccccc1)Nc1ccc(S(=O)(=O)Nc2cccc(C(F)(F)F)c2)cc1. The van der Waals surface area contributed by atoms with Crippen LogP contribution in [-0.2, 0) is 31.0 Å². The van der Waals surface area contributed by atoms with Crippen molar-refractivity contribution in [2.24, 2.45) is 0 Å². The molecule has 2 N–H and O–H groups in total. The van der Waals surface area contributed by atoms with Crippen LogP contribution in [0, 0.1) is 0 Å². The van der Waals surface area contributed by atoms with Gasteiger partial charge in [0.25, 0.3) is 20.0 Å². The summed E-state index contributed by atoms with van der Waals surface area (Å²) in [5.41, 5.74) is -0.974. The second-order valence-electron chi connectivity index (χ2n) is 8.29. The third-order valence-electron chi connectivity index (χ3n) is 5.44. The van der Waals surface area contributed by atoms with Crippen molar-refractivity contribution >= 4 is 43.0 Å². The minimum atomic E-state index is -4.64. The van der Waals surface area contributed by atoms with Crippen molar-refractivity contribution in [2.45, 2.75) is 16.0 Å². The highest BCUT2D eigenvalue weighted by Gasteiger charge is 2.31. The fourth-order valence-corrected chi connectivity index (χ4v) is 6.04. The third kappa shape index (κ3) is 6.76. The van der Waals surface area contributed by atoms with E-state index in [0.717, 1.165) is 28.6 Å². The van der Waals surface area contributed by atoms with Crippen molar-refractivity contribution in [3.05, 3.63) is 109 Å². The van der Waals surface area contributed by atoms with Gasteiger partial charge in [0.1, 0.15) is 6.54 Å². The van der Waals surface area contributed by atoms with Gasteiger partial charge in [0.05, 0.1) is 27.2 Å². The zero-order valence-electron chi connectivity index (χ0n) is 20.4. The Morgan fingerprint density at radius 2 is 1.50 bits per heavy atom. The molecule has 0 atom stereocenters. The molecule has 1 amide bonds. The largest absolute Gasteiger partial charge is 0.416 e. The molecule has 4 rings (SSSR count). The van der Waals surface area contributed by atoms with Gasteiger partial charge in [-0.2, -0.15) is 13.2 Å². The molecule has 1 heterocycles. The first-order chi connectivity index (χ1) is 18.9. The Morgan fingerprint density at radius 1 is 0.800 bits per heavy atom. The Balaban J connectivity index is 1.49. The number of sulfonamides is 2. The van der Waals surface area contributed by atoms with Crippen molar-refractivity contribution in [2.75, 3.05) is 20.9 Å². The van der Waals surface area contributed by atoms with Gasteiger partial charge in [-0.25, -0.2) is 16.8 Å². The van der Waals surface area contributed by atoms with Gasteiger partial charge in [0.15, 0.2) is 0 Å². The van der Waals surface area contributed by atoms with Crippen LogP contribution < -0.4 is 14.3 Å². The van der Waals surface area contributed by atoms with E-state index in [0.29, 0.717) is 6.07 Å². The van der Waals surface area contributed by atoms with Crippen LogP contribution in [0.5, 0.6) is 0 Å². The van der Waals surface area contributed by atoms with Crippen molar-refractivity contribution in [1.29, 1.82) is 0 Å². The molecule has 40 heavy (non-hydrogen) atoms. The summed E-state index contributed by atoms with van der Waals surface area (Å²) >= 11 is 0. The van der Waals surface area contributed by atoms with Crippen LogP contribution in [0.2, 0.25) is 0 Å². The number of hydrogen-bond acceptors (Lipinski definition) is 6. The molecular formula is C26H21F3N4O5S2. The lowest BCUT2D eigenvalue weighted by Gasteiger charge is -2.23. The van der Waals surface area contributed by atoms with E-state index < -0.39 is 44.2 Å². The standard InChI is InChI=1S/C26H21F3N4O5S2/c27-26(28,29)19-6-4-7-21(16-19)32-39(35,36)23-13-11-20(12-14-23)31-25(34)18-33(22-8-5-15-30-17-22)40(37,38)24-9-2-1-3-10-24/h1-17,32H,18H2,(H,31,34). The minimum Gasteiger partial charge on any atom is -0.325 e. The van der Waals surface area contributed by atoms with Crippen molar-refractivity contribution in [3.63, 3.8) is 0 Å². The van der Waals surface area contributed by atoms with Crippen LogP contribution >= 0.6 is 0 Å². The second-order valence-corrected chi connectivity index (χ2v) is 11.8. The summed E-state index contributed by atoms with van der Waals surface area (Å²) in [7, 11) is -8.39. The van der Waals surface area contributed by atoms with E-state index in [1.807, 2.05) is 0 Å². The number of aromatic nitrogens is 1. The van der Waals surface area contributed by atoms with E-state index in [4.69, 9.17) is 0 Å². The summed E-state index contributed by atoms with van der Waals surface area (Å²) in [5, 5.41) is 2.51. The summed E-state index contributed by atoms with van der Waals surface area (Å²) in [6.07, 6.45) is -1.90. The van der Waals surface area contributed by atoms with Crippen molar-refractivity contribution in [1.82, 2.24) is 4.98 Å². The predicted molar refractivity (Wildman–Crippen MR) is 143 cm³/mol. The maximum atomic E-state index is 13.3. The van der Waals surface area contributed by atoms with Gasteiger partial charge in [0, 0.05) is 17.6 Å². The Bertz CT molecular complexity index is 1700. The average Bonchev–Trinajstić information content (AvgIpc) is 2.92. The first kappa shape index (κ1) is 28.6. The van der Waals surface area contributed by atoms with Crippen LogP contribution in [0.25, 0.3) is 0 Å². The van der Waals surface area contributed by atoms with E-state index >= 15 is 0 Å². The van der Waals surface area contributed by atoms with Crippen LogP contribution in [0.15, 0.2) is 113 Å². The zero-order chi connectivity index (χ0) is 29.0. The predicted octanol–water partition coefficient (Wildman–Crippen LogP) is 4.74. The number of carbonyl (C=O) groups is 1. The molecule has 0 aliphatic carbocycles. The van der Waals surface area contributed by atoms with E-state index in [2.05, 4.69) is 15.0 Å². The Morgan fingerprint density at radius 3 is 2.12 bits per heavy atom. The molecule has 0 aliphatic heterocycles. The van der Waals surface area contributed by atoms with Crippen LogP contribution in [0.4, 0.5) is 30.2 Å². The summed E-state index contributed by atoms with van der Waals surface area (Å²) in [6.45, 7) is -0.611. The van der Waals surface area contributed by atoms with Crippen molar-refractivity contribution in [3.8, 4) is 0 Å². The highest BCUT2D eigenvalue weighted by molar-refractivity contribution is 7.93. The highest BCUT2D eigenvalue weighted by atomic mass is 32.2. The van der Waals surface area contributed by atoms with Gasteiger partial charge < -0.3 is 5.32 Å². The van der Waals surface area contributed by atoms with E-state index in [1.54, 1.807) is 18.2 Å². The van der Waals surface area contributed by atoms with E-state index in [1.165, 1.54) is 54.9 Å². The molecule has 14 heteroatoms. The molecule has 0 bridgehead atoms. The average molecular weight is 591 g/mol. The lowest BCUT2D eigenvalue weighted by Crippen LogP contribution is -2.38. The number of carbonyl (C=O) groups excluding carboxylic acids is 1. The summed E-state index contributed by atoms with van der Waals surface area (Å²) in [5.74, 6) is -0.721. The molecule has 0 unspecified atom stereocenters. The Hall–Kier alpha value is -4.43. The number of rotatable bonds is 9. The molecule has 208 valence electrons. The van der Waals surface area contributed by atoms with Gasteiger partial charge >= 0.3 is 6.18 Å². The molecule has 0 spiro atoms. The summed E-state index contributed by atoms with van der Waals surface area (Å²) in [6, 6.07) is 19.1. The maximum Gasteiger partial charge on any atom is 0.416 e. The third-order valence-corrected chi connectivity index (χ3v) is 8.63. The topological polar surface area (TPSA) is 126 Å². The van der Waals surface area contributed by atoms with Gasteiger partial charge in [-0.05, 0) is 66.7 Å².